The third kappa shape index (κ3) is 3.25. The predicted molar refractivity (Wildman–Crippen MR) is 74.4 cm³/mol. The van der Waals surface area contributed by atoms with Gasteiger partial charge in [0.15, 0.2) is 0 Å². The van der Waals surface area contributed by atoms with Crippen LogP contribution in [0, 0.1) is 17.8 Å². The molecule has 1 N–H and O–H groups in total. The van der Waals surface area contributed by atoms with E-state index in [2.05, 4.69) is 24.1 Å². The van der Waals surface area contributed by atoms with E-state index in [4.69, 9.17) is 0 Å². The van der Waals surface area contributed by atoms with Crippen LogP contribution in [0.2, 0.25) is 0 Å². The van der Waals surface area contributed by atoms with Crippen molar-refractivity contribution in [2.75, 3.05) is 26.2 Å². The van der Waals surface area contributed by atoms with Crippen molar-refractivity contribution in [3.63, 3.8) is 0 Å². The van der Waals surface area contributed by atoms with Gasteiger partial charge in [0.2, 0.25) is 5.91 Å². The maximum Gasteiger partial charge on any atom is 0.225 e. The average Bonchev–Trinajstić information content (AvgIpc) is 2.52. The molecule has 0 radical (unpaired) electrons. The van der Waals surface area contributed by atoms with E-state index in [0.29, 0.717) is 11.8 Å². The van der Waals surface area contributed by atoms with Gasteiger partial charge in [0.05, 0.1) is 0 Å². The molecule has 2 atom stereocenters. The van der Waals surface area contributed by atoms with E-state index in [0.717, 1.165) is 32.1 Å². The molecule has 0 saturated carbocycles. The summed E-state index contributed by atoms with van der Waals surface area (Å²) >= 11 is 0. The smallest absolute Gasteiger partial charge is 0.225 e. The Kier molecular flexibility index (Phi) is 5.04. The quantitative estimate of drug-likeness (QED) is 0.832. The minimum Gasteiger partial charge on any atom is -0.342 e. The largest absolute Gasteiger partial charge is 0.342 e. The number of nitrogens with zero attached hydrogens (tertiary/aromatic N) is 1. The molecule has 2 rings (SSSR count). The van der Waals surface area contributed by atoms with Gasteiger partial charge in [0.1, 0.15) is 0 Å². The first kappa shape index (κ1) is 13.9. The molecule has 2 aliphatic heterocycles. The zero-order valence-corrected chi connectivity index (χ0v) is 12.0. The van der Waals surface area contributed by atoms with Gasteiger partial charge in [-0.1, -0.05) is 26.7 Å². The summed E-state index contributed by atoms with van der Waals surface area (Å²) in [5, 5.41) is 3.27. The Labute approximate surface area is 111 Å². The van der Waals surface area contributed by atoms with Gasteiger partial charge in [-0.25, -0.2) is 0 Å². The number of hydrogen-bond acceptors (Lipinski definition) is 2. The number of likely N-dealkylation sites (tertiary alicyclic amines) is 1. The molecule has 1 amide bonds. The van der Waals surface area contributed by atoms with Crippen molar-refractivity contribution in [2.45, 2.75) is 46.0 Å². The zero-order chi connectivity index (χ0) is 13.0. The highest BCUT2D eigenvalue weighted by atomic mass is 16.2. The van der Waals surface area contributed by atoms with Crippen molar-refractivity contribution in [1.29, 1.82) is 0 Å². The molecule has 18 heavy (non-hydrogen) atoms. The molecule has 3 nitrogen and oxygen atoms in total. The van der Waals surface area contributed by atoms with Gasteiger partial charge in [-0.2, -0.15) is 0 Å². The van der Waals surface area contributed by atoms with Gasteiger partial charge >= 0.3 is 0 Å². The lowest BCUT2D eigenvalue weighted by molar-refractivity contribution is -0.137. The van der Waals surface area contributed by atoms with Crippen LogP contribution < -0.4 is 5.32 Å². The number of carbonyl (C=O) groups excluding carboxylic acids is 1. The third-order valence-electron chi connectivity index (χ3n) is 4.77. The minimum absolute atomic E-state index is 0.217. The SMILES string of the molecule is CCCC1CCCN(C(=O)C(C)C2CNC2)CC1. The van der Waals surface area contributed by atoms with Gasteiger partial charge in [-0.05, 0) is 44.2 Å². The summed E-state index contributed by atoms with van der Waals surface area (Å²) in [6.45, 7) is 8.41. The Bertz CT molecular complexity index is 276. The molecule has 2 unspecified atom stereocenters. The molecule has 0 aromatic rings. The number of rotatable bonds is 4. The van der Waals surface area contributed by atoms with Crippen LogP contribution in [0.1, 0.15) is 46.0 Å². The molecule has 2 saturated heterocycles. The fraction of sp³-hybridized carbons (Fsp3) is 0.933. The minimum atomic E-state index is 0.217. The van der Waals surface area contributed by atoms with Gasteiger partial charge in [0, 0.05) is 19.0 Å². The normalized spacial score (nSPS) is 27.4. The first-order chi connectivity index (χ1) is 8.72. The van der Waals surface area contributed by atoms with Gasteiger partial charge in [0.25, 0.3) is 0 Å². The van der Waals surface area contributed by atoms with Crippen molar-refractivity contribution >= 4 is 5.91 Å². The first-order valence-electron chi connectivity index (χ1n) is 7.72. The monoisotopic (exact) mass is 252 g/mol. The van der Waals surface area contributed by atoms with Crippen LogP contribution in [0.4, 0.5) is 0 Å². The summed E-state index contributed by atoms with van der Waals surface area (Å²) < 4.78 is 0. The Morgan fingerprint density at radius 2 is 2.11 bits per heavy atom. The molecule has 0 aliphatic carbocycles. The van der Waals surface area contributed by atoms with Crippen LogP contribution in [0.5, 0.6) is 0 Å². The molecule has 3 heteroatoms. The van der Waals surface area contributed by atoms with Gasteiger partial charge in [-0.15, -0.1) is 0 Å². The van der Waals surface area contributed by atoms with Crippen molar-refractivity contribution in [3.8, 4) is 0 Å². The standard InChI is InChI=1S/C15H28N2O/c1-3-5-13-6-4-8-17(9-7-13)15(18)12(2)14-10-16-11-14/h12-14,16H,3-11H2,1-2H3. The fourth-order valence-corrected chi connectivity index (χ4v) is 3.24. The molecule has 0 spiro atoms. The lowest BCUT2D eigenvalue weighted by atomic mass is 9.88. The highest BCUT2D eigenvalue weighted by molar-refractivity contribution is 5.79. The average molecular weight is 252 g/mol. The van der Waals surface area contributed by atoms with Gasteiger partial charge in [-0.3, -0.25) is 4.79 Å². The second-order valence-corrected chi connectivity index (χ2v) is 6.12. The number of hydrogen-bond donors (Lipinski definition) is 1. The molecular formula is C15H28N2O. The number of amides is 1. The van der Waals surface area contributed by atoms with E-state index in [-0.39, 0.29) is 5.92 Å². The number of nitrogens with one attached hydrogen (secondary N) is 1. The maximum absolute atomic E-state index is 12.4. The van der Waals surface area contributed by atoms with Gasteiger partial charge < -0.3 is 10.2 Å². The summed E-state index contributed by atoms with van der Waals surface area (Å²) in [4.78, 5) is 14.6. The Morgan fingerprint density at radius 3 is 2.72 bits per heavy atom. The summed E-state index contributed by atoms with van der Waals surface area (Å²) in [5.74, 6) is 2.05. The molecule has 0 bridgehead atoms. The second-order valence-electron chi connectivity index (χ2n) is 6.12. The Morgan fingerprint density at radius 1 is 1.33 bits per heavy atom. The van der Waals surface area contributed by atoms with Crippen LogP contribution in [0.15, 0.2) is 0 Å². The lowest BCUT2D eigenvalue weighted by Gasteiger charge is -2.34. The van der Waals surface area contributed by atoms with Crippen LogP contribution in [0.25, 0.3) is 0 Å². The maximum atomic E-state index is 12.4. The van der Waals surface area contributed by atoms with Crippen LogP contribution in [0.3, 0.4) is 0 Å². The topological polar surface area (TPSA) is 32.3 Å². The molecule has 104 valence electrons. The highest BCUT2D eigenvalue weighted by Crippen LogP contribution is 2.24. The summed E-state index contributed by atoms with van der Waals surface area (Å²) in [5.41, 5.74) is 0. The summed E-state index contributed by atoms with van der Waals surface area (Å²) in [6, 6.07) is 0. The zero-order valence-electron chi connectivity index (χ0n) is 12.0. The van der Waals surface area contributed by atoms with Crippen molar-refractivity contribution < 1.29 is 4.79 Å². The van der Waals surface area contributed by atoms with Crippen molar-refractivity contribution in [2.24, 2.45) is 17.8 Å². The summed E-state index contributed by atoms with van der Waals surface area (Å²) in [6.07, 6.45) is 6.35. The highest BCUT2D eigenvalue weighted by Gasteiger charge is 2.32. The Hall–Kier alpha value is -0.570. The fourth-order valence-electron chi connectivity index (χ4n) is 3.24. The third-order valence-corrected chi connectivity index (χ3v) is 4.77. The molecule has 0 aromatic carbocycles. The van der Waals surface area contributed by atoms with Crippen LogP contribution in [-0.4, -0.2) is 37.0 Å². The van der Waals surface area contributed by atoms with Crippen molar-refractivity contribution in [3.05, 3.63) is 0 Å². The van der Waals surface area contributed by atoms with E-state index in [1.54, 1.807) is 0 Å². The van der Waals surface area contributed by atoms with E-state index >= 15 is 0 Å². The molecule has 2 aliphatic rings. The van der Waals surface area contributed by atoms with Crippen LogP contribution in [-0.2, 0) is 4.79 Å². The van der Waals surface area contributed by atoms with E-state index in [1.165, 1.54) is 32.1 Å². The van der Waals surface area contributed by atoms with Crippen molar-refractivity contribution in [1.82, 2.24) is 10.2 Å². The summed E-state index contributed by atoms with van der Waals surface area (Å²) in [7, 11) is 0. The molecule has 0 aromatic heterocycles. The molecule has 2 fully saturated rings. The molecule has 2 heterocycles. The van der Waals surface area contributed by atoms with E-state index < -0.39 is 0 Å². The number of carbonyl (C=O) groups is 1. The predicted octanol–water partition coefficient (Wildman–Crippen LogP) is 2.27. The van der Waals surface area contributed by atoms with E-state index in [1.807, 2.05) is 0 Å². The van der Waals surface area contributed by atoms with Crippen LogP contribution >= 0.6 is 0 Å². The Balaban J connectivity index is 1.82. The first-order valence-corrected chi connectivity index (χ1v) is 7.72. The second kappa shape index (κ2) is 6.55. The molecular weight excluding hydrogens is 224 g/mol. The van der Waals surface area contributed by atoms with E-state index in [9.17, 15) is 4.79 Å². The lowest BCUT2D eigenvalue weighted by Crippen LogP contribution is -2.50.